The van der Waals surface area contributed by atoms with Gasteiger partial charge >= 0.3 is 0 Å². The predicted molar refractivity (Wildman–Crippen MR) is 76.8 cm³/mol. The average Bonchev–Trinajstić information content (AvgIpc) is 2.92. The fraction of sp³-hybridized carbons (Fsp3) is 0.733. The maximum absolute atomic E-state index is 3.75. The molecule has 2 heteroatoms. The van der Waals surface area contributed by atoms with E-state index in [2.05, 4.69) is 38.2 Å². The van der Waals surface area contributed by atoms with Crippen LogP contribution >= 0.6 is 11.3 Å². The van der Waals surface area contributed by atoms with Gasteiger partial charge in [0.1, 0.15) is 0 Å². The second-order valence-corrected chi connectivity index (χ2v) is 6.84. The molecule has 0 bridgehead atoms. The van der Waals surface area contributed by atoms with Crippen LogP contribution in [0.3, 0.4) is 0 Å². The lowest BCUT2D eigenvalue weighted by Gasteiger charge is -2.24. The van der Waals surface area contributed by atoms with Gasteiger partial charge in [0.15, 0.2) is 0 Å². The summed E-state index contributed by atoms with van der Waals surface area (Å²) in [5, 5.41) is 3.75. The van der Waals surface area contributed by atoms with Crippen molar-refractivity contribution < 1.29 is 0 Å². The molecule has 1 aromatic heterocycles. The van der Waals surface area contributed by atoms with E-state index in [1.807, 2.05) is 11.3 Å². The quantitative estimate of drug-likeness (QED) is 0.772. The molecule has 1 unspecified atom stereocenters. The fourth-order valence-electron chi connectivity index (χ4n) is 2.35. The van der Waals surface area contributed by atoms with E-state index in [0.717, 1.165) is 6.54 Å². The van der Waals surface area contributed by atoms with Gasteiger partial charge < -0.3 is 5.32 Å². The molecule has 2 rings (SSSR count). The van der Waals surface area contributed by atoms with E-state index < -0.39 is 0 Å². The Morgan fingerprint density at radius 1 is 1.29 bits per heavy atom. The third kappa shape index (κ3) is 3.32. The normalized spacial score (nSPS) is 19.2. The molecule has 0 aliphatic heterocycles. The van der Waals surface area contributed by atoms with Gasteiger partial charge in [-0.25, -0.2) is 0 Å². The van der Waals surface area contributed by atoms with E-state index in [9.17, 15) is 0 Å². The van der Waals surface area contributed by atoms with Crippen molar-refractivity contribution in [3.05, 3.63) is 21.9 Å². The third-order valence-electron chi connectivity index (χ3n) is 3.99. The molecule has 1 aliphatic rings. The molecule has 0 radical (unpaired) electrons. The maximum Gasteiger partial charge on any atom is 0.0169 e. The minimum absolute atomic E-state index is 0.575. The zero-order valence-corrected chi connectivity index (χ0v) is 12.2. The molecule has 96 valence electrons. The molecule has 1 N–H and O–H groups in total. The molecule has 1 aliphatic carbocycles. The van der Waals surface area contributed by atoms with Gasteiger partial charge in [0, 0.05) is 15.8 Å². The molecule has 1 saturated carbocycles. The topological polar surface area (TPSA) is 12.0 Å². The van der Waals surface area contributed by atoms with Crippen molar-refractivity contribution in [1.29, 1.82) is 0 Å². The first-order valence-corrected chi connectivity index (χ1v) is 7.80. The van der Waals surface area contributed by atoms with Gasteiger partial charge in [-0.15, -0.1) is 11.3 Å². The molecule has 0 spiro atoms. The smallest absolute Gasteiger partial charge is 0.0169 e. The average molecular weight is 251 g/mol. The van der Waals surface area contributed by atoms with Crippen molar-refractivity contribution in [3.8, 4) is 0 Å². The highest BCUT2D eigenvalue weighted by atomic mass is 32.1. The summed E-state index contributed by atoms with van der Waals surface area (Å²) in [6.07, 6.45) is 6.44. The lowest BCUT2D eigenvalue weighted by atomic mass is 9.95. The zero-order chi connectivity index (χ0) is 12.3. The van der Waals surface area contributed by atoms with Crippen LogP contribution in [0, 0.1) is 5.41 Å². The van der Waals surface area contributed by atoms with Crippen LogP contribution < -0.4 is 5.32 Å². The summed E-state index contributed by atoms with van der Waals surface area (Å²) in [5.41, 5.74) is 0.575. The standard InChI is InChI=1S/C15H25NS/c1-4-10-16-14(15(3)8-9-15)11-13-7-6-12(5-2)17-13/h6-7,14,16H,4-5,8-11H2,1-3H3. The van der Waals surface area contributed by atoms with Gasteiger partial charge in [-0.3, -0.25) is 0 Å². The second kappa shape index (κ2) is 5.53. The first kappa shape index (κ1) is 13.1. The Kier molecular flexibility index (Phi) is 4.26. The highest BCUT2D eigenvalue weighted by Gasteiger charge is 2.44. The summed E-state index contributed by atoms with van der Waals surface area (Å²) in [6, 6.07) is 5.31. The molecular formula is C15H25NS. The van der Waals surface area contributed by atoms with Crippen LogP contribution in [-0.4, -0.2) is 12.6 Å². The lowest BCUT2D eigenvalue weighted by Crippen LogP contribution is -2.38. The molecule has 0 amide bonds. The Morgan fingerprint density at radius 2 is 2.00 bits per heavy atom. The SMILES string of the molecule is CCCNC(Cc1ccc(CC)s1)C1(C)CC1. The van der Waals surface area contributed by atoms with Crippen LogP contribution in [-0.2, 0) is 12.8 Å². The van der Waals surface area contributed by atoms with E-state index in [4.69, 9.17) is 0 Å². The Hall–Kier alpha value is -0.340. The number of nitrogens with one attached hydrogen (secondary N) is 1. The van der Waals surface area contributed by atoms with Crippen molar-refractivity contribution in [2.75, 3.05) is 6.54 Å². The summed E-state index contributed by atoms with van der Waals surface area (Å²) >= 11 is 2.00. The predicted octanol–water partition coefficient (Wildman–Crippen LogP) is 4.02. The molecule has 1 aromatic rings. The first-order valence-electron chi connectivity index (χ1n) is 6.99. The van der Waals surface area contributed by atoms with E-state index in [1.54, 1.807) is 4.88 Å². The van der Waals surface area contributed by atoms with Crippen molar-refractivity contribution in [2.45, 2.75) is 58.9 Å². The first-order chi connectivity index (χ1) is 8.18. The van der Waals surface area contributed by atoms with E-state index in [0.29, 0.717) is 11.5 Å². The molecule has 1 fully saturated rings. The van der Waals surface area contributed by atoms with E-state index in [1.165, 1.54) is 37.0 Å². The number of hydrogen-bond acceptors (Lipinski definition) is 2. The van der Waals surface area contributed by atoms with Gasteiger partial charge in [0.05, 0.1) is 0 Å². The van der Waals surface area contributed by atoms with Crippen LogP contribution in [0.4, 0.5) is 0 Å². The Balaban J connectivity index is 1.96. The molecule has 1 heterocycles. The Morgan fingerprint density at radius 3 is 2.53 bits per heavy atom. The molecular weight excluding hydrogens is 226 g/mol. The number of hydrogen-bond donors (Lipinski definition) is 1. The summed E-state index contributed by atoms with van der Waals surface area (Å²) in [7, 11) is 0. The van der Waals surface area contributed by atoms with Crippen molar-refractivity contribution in [2.24, 2.45) is 5.41 Å². The van der Waals surface area contributed by atoms with Gasteiger partial charge in [0.25, 0.3) is 0 Å². The van der Waals surface area contributed by atoms with Crippen LogP contribution in [0.25, 0.3) is 0 Å². The largest absolute Gasteiger partial charge is 0.313 e. The highest BCUT2D eigenvalue weighted by Crippen LogP contribution is 2.49. The van der Waals surface area contributed by atoms with E-state index >= 15 is 0 Å². The van der Waals surface area contributed by atoms with Crippen molar-refractivity contribution >= 4 is 11.3 Å². The van der Waals surface area contributed by atoms with Crippen molar-refractivity contribution in [1.82, 2.24) is 5.32 Å². The molecule has 0 saturated heterocycles. The monoisotopic (exact) mass is 251 g/mol. The maximum atomic E-state index is 3.75. The zero-order valence-electron chi connectivity index (χ0n) is 11.4. The second-order valence-electron chi connectivity index (χ2n) is 5.59. The summed E-state index contributed by atoms with van der Waals surface area (Å²) in [4.78, 5) is 3.08. The van der Waals surface area contributed by atoms with Crippen LogP contribution in [0.15, 0.2) is 12.1 Å². The minimum Gasteiger partial charge on any atom is -0.313 e. The summed E-state index contributed by atoms with van der Waals surface area (Å²) in [5.74, 6) is 0. The van der Waals surface area contributed by atoms with Gasteiger partial charge in [-0.1, -0.05) is 20.8 Å². The summed E-state index contributed by atoms with van der Waals surface area (Å²) in [6.45, 7) is 8.09. The highest BCUT2D eigenvalue weighted by molar-refractivity contribution is 7.11. The minimum atomic E-state index is 0.575. The van der Waals surface area contributed by atoms with Crippen LogP contribution in [0.2, 0.25) is 0 Å². The van der Waals surface area contributed by atoms with Gasteiger partial charge in [-0.05, 0) is 56.2 Å². The molecule has 1 nitrogen and oxygen atoms in total. The van der Waals surface area contributed by atoms with Gasteiger partial charge in [0.2, 0.25) is 0 Å². The lowest BCUT2D eigenvalue weighted by molar-refractivity contribution is 0.356. The Labute approximate surface area is 110 Å². The molecule has 17 heavy (non-hydrogen) atoms. The third-order valence-corrected chi connectivity index (χ3v) is 5.24. The number of thiophene rings is 1. The number of rotatable bonds is 7. The Bertz CT molecular complexity index is 352. The van der Waals surface area contributed by atoms with E-state index in [-0.39, 0.29) is 0 Å². The summed E-state index contributed by atoms with van der Waals surface area (Å²) < 4.78 is 0. The van der Waals surface area contributed by atoms with Crippen LogP contribution in [0.5, 0.6) is 0 Å². The number of aryl methyl sites for hydroxylation is 1. The van der Waals surface area contributed by atoms with Gasteiger partial charge in [-0.2, -0.15) is 0 Å². The molecule has 1 atom stereocenters. The van der Waals surface area contributed by atoms with Crippen LogP contribution in [0.1, 0.15) is 49.8 Å². The van der Waals surface area contributed by atoms with Crippen molar-refractivity contribution in [3.63, 3.8) is 0 Å². The molecule has 0 aromatic carbocycles. The fourth-order valence-corrected chi connectivity index (χ4v) is 3.36.